The highest BCUT2D eigenvalue weighted by molar-refractivity contribution is 5.94. The van der Waals surface area contributed by atoms with Gasteiger partial charge in [0.2, 0.25) is 0 Å². The van der Waals surface area contributed by atoms with Gasteiger partial charge in [0.1, 0.15) is 6.61 Å². The van der Waals surface area contributed by atoms with E-state index < -0.39 is 41.5 Å². The number of ether oxygens (including phenoxy) is 1. The highest BCUT2D eigenvalue weighted by Crippen LogP contribution is 2.14. The lowest BCUT2D eigenvalue weighted by Crippen LogP contribution is -2.29. The van der Waals surface area contributed by atoms with Gasteiger partial charge in [-0.1, -0.05) is 0 Å². The molecule has 1 aromatic rings. The van der Waals surface area contributed by atoms with Gasteiger partial charge in [-0.2, -0.15) is 0 Å². The standard InChI is InChI=1S/C11H10F3NO4/c12-7-2-1-6(9(13)10(7)14)11(18)15-3-4-19-5-8(16)17/h1-2H,3-5H2,(H,15,18)(H,16,17). The van der Waals surface area contributed by atoms with Crippen LogP contribution in [0.3, 0.4) is 0 Å². The van der Waals surface area contributed by atoms with Gasteiger partial charge in [0.25, 0.3) is 5.91 Å². The maximum atomic E-state index is 13.2. The van der Waals surface area contributed by atoms with E-state index in [4.69, 9.17) is 5.11 Å². The first-order valence-corrected chi connectivity index (χ1v) is 5.14. The van der Waals surface area contributed by atoms with Gasteiger partial charge in [-0.3, -0.25) is 4.79 Å². The van der Waals surface area contributed by atoms with Gasteiger partial charge in [-0.25, -0.2) is 18.0 Å². The van der Waals surface area contributed by atoms with E-state index in [2.05, 4.69) is 10.1 Å². The van der Waals surface area contributed by atoms with Crippen molar-refractivity contribution < 1.29 is 32.6 Å². The average Bonchev–Trinajstić information content (AvgIpc) is 2.35. The predicted octanol–water partition coefficient (Wildman–Crippen LogP) is 0.935. The van der Waals surface area contributed by atoms with Crippen LogP contribution in [0.4, 0.5) is 13.2 Å². The minimum Gasteiger partial charge on any atom is -0.480 e. The molecule has 1 rings (SSSR count). The Morgan fingerprint density at radius 3 is 2.53 bits per heavy atom. The average molecular weight is 277 g/mol. The molecule has 0 aliphatic rings. The first-order chi connectivity index (χ1) is 8.93. The van der Waals surface area contributed by atoms with E-state index in [1.807, 2.05) is 0 Å². The molecule has 1 amide bonds. The normalized spacial score (nSPS) is 10.3. The number of amides is 1. The third kappa shape index (κ3) is 4.25. The number of hydrogen-bond donors (Lipinski definition) is 2. The summed E-state index contributed by atoms with van der Waals surface area (Å²) in [6.07, 6.45) is 0. The maximum absolute atomic E-state index is 13.2. The van der Waals surface area contributed by atoms with E-state index in [0.717, 1.165) is 6.07 Å². The largest absolute Gasteiger partial charge is 0.480 e. The molecule has 0 spiro atoms. The molecule has 8 heteroatoms. The maximum Gasteiger partial charge on any atom is 0.329 e. The minimum absolute atomic E-state index is 0.0927. The van der Waals surface area contributed by atoms with Crippen LogP contribution in [-0.4, -0.2) is 36.7 Å². The van der Waals surface area contributed by atoms with Crippen LogP contribution in [0.1, 0.15) is 10.4 Å². The van der Waals surface area contributed by atoms with Crippen molar-refractivity contribution in [1.29, 1.82) is 0 Å². The molecule has 0 radical (unpaired) electrons. The molecule has 5 nitrogen and oxygen atoms in total. The summed E-state index contributed by atoms with van der Waals surface area (Å²) in [5, 5.41) is 10.4. The van der Waals surface area contributed by atoms with Crippen molar-refractivity contribution in [1.82, 2.24) is 5.32 Å². The molecule has 19 heavy (non-hydrogen) atoms. The van der Waals surface area contributed by atoms with E-state index in [1.54, 1.807) is 0 Å². The van der Waals surface area contributed by atoms with Crippen molar-refractivity contribution in [3.8, 4) is 0 Å². The second-order valence-corrected chi connectivity index (χ2v) is 3.43. The van der Waals surface area contributed by atoms with Crippen molar-refractivity contribution in [2.45, 2.75) is 0 Å². The van der Waals surface area contributed by atoms with Crippen LogP contribution in [-0.2, 0) is 9.53 Å². The van der Waals surface area contributed by atoms with E-state index >= 15 is 0 Å². The zero-order valence-corrected chi connectivity index (χ0v) is 9.58. The Hall–Kier alpha value is -2.09. The number of rotatable bonds is 6. The summed E-state index contributed by atoms with van der Waals surface area (Å²) in [6.45, 7) is -0.733. The van der Waals surface area contributed by atoms with Crippen molar-refractivity contribution in [2.24, 2.45) is 0 Å². The monoisotopic (exact) mass is 277 g/mol. The SMILES string of the molecule is O=C(O)COCCNC(=O)c1ccc(F)c(F)c1F. The summed E-state index contributed by atoms with van der Waals surface area (Å²) >= 11 is 0. The third-order valence-electron chi connectivity index (χ3n) is 2.04. The topological polar surface area (TPSA) is 75.6 Å². The highest BCUT2D eigenvalue weighted by Gasteiger charge is 2.18. The Morgan fingerprint density at radius 1 is 1.21 bits per heavy atom. The smallest absolute Gasteiger partial charge is 0.329 e. The number of carboxylic acid groups (broad SMARTS) is 1. The highest BCUT2D eigenvalue weighted by atomic mass is 19.2. The van der Waals surface area contributed by atoms with Crippen LogP contribution >= 0.6 is 0 Å². The summed E-state index contributed by atoms with van der Waals surface area (Å²) in [5.74, 6) is -6.81. The molecule has 0 bridgehead atoms. The molecule has 0 saturated carbocycles. The zero-order chi connectivity index (χ0) is 14.4. The van der Waals surface area contributed by atoms with Crippen LogP contribution in [0.5, 0.6) is 0 Å². The van der Waals surface area contributed by atoms with Crippen molar-refractivity contribution in [3.63, 3.8) is 0 Å². The summed E-state index contributed by atoms with van der Waals surface area (Å²) in [5.41, 5.74) is -0.642. The second-order valence-electron chi connectivity index (χ2n) is 3.43. The van der Waals surface area contributed by atoms with Crippen LogP contribution in [0, 0.1) is 17.5 Å². The first kappa shape index (κ1) is 15.0. The predicted molar refractivity (Wildman–Crippen MR) is 57.1 cm³/mol. The second kappa shape index (κ2) is 6.74. The zero-order valence-electron chi connectivity index (χ0n) is 9.58. The van der Waals surface area contributed by atoms with Crippen LogP contribution in [0.25, 0.3) is 0 Å². The summed E-state index contributed by atoms with van der Waals surface area (Å²) < 4.78 is 43.3. The number of carboxylic acids is 1. The van der Waals surface area contributed by atoms with Crippen LogP contribution in [0.15, 0.2) is 12.1 Å². The van der Waals surface area contributed by atoms with Crippen molar-refractivity contribution in [2.75, 3.05) is 19.8 Å². The third-order valence-corrected chi connectivity index (χ3v) is 2.04. The Morgan fingerprint density at radius 2 is 1.89 bits per heavy atom. The lowest BCUT2D eigenvalue weighted by atomic mass is 10.2. The lowest BCUT2D eigenvalue weighted by Gasteiger charge is -2.06. The lowest BCUT2D eigenvalue weighted by molar-refractivity contribution is -0.142. The van der Waals surface area contributed by atoms with Crippen molar-refractivity contribution in [3.05, 3.63) is 35.1 Å². The molecule has 0 aliphatic carbocycles. The molecule has 0 atom stereocenters. The van der Waals surface area contributed by atoms with E-state index in [9.17, 15) is 22.8 Å². The van der Waals surface area contributed by atoms with Gasteiger partial charge in [-0.15, -0.1) is 0 Å². The number of halogens is 3. The fourth-order valence-corrected chi connectivity index (χ4v) is 1.19. The van der Waals surface area contributed by atoms with Gasteiger partial charge in [0.05, 0.1) is 12.2 Å². The molecule has 0 fully saturated rings. The Kier molecular flexibility index (Phi) is 5.31. The number of benzene rings is 1. The number of hydrogen-bond acceptors (Lipinski definition) is 3. The van der Waals surface area contributed by atoms with Crippen LogP contribution < -0.4 is 5.32 Å². The molecule has 2 N–H and O–H groups in total. The van der Waals surface area contributed by atoms with Gasteiger partial charge in [-0.05, 0) is 12.1 Å². The fourth-order valence-electron chi connectivity index (χ4n) is 1.19. The Labute approximate surface area is 106 Å². The van der Waals surface area contributed by atoms with Crippen molar-refractivity contribution >= 4 is 11.9 Å². The van der Waals surface area contributed by atoms with Crippen LogP contribution in [0.2, 0.25) is 0 Å². The number of nitrogens with one attached hydrogen (secondary N) is 1. The summed E-state index contributed by atoms with van der Waals surface area (Å²) in [6, 6.07) is 1.44. The quantitative estimate of drug-likeness (QED) is 0.599. The Balaban J connectivity index is 2.50. The van der Waals surface area contributed by atoms with Gasteiger partial charge >= 0.3 is 5.97 Å². The molecule has 0 heterocycles. The molecule has 0 saturated heterocycles. The molecule has 1 aromatic carbocycles. The molecule has 0 aromatic heterocycles. The number of aliphatic carboxylic acids is 1. The van der Waals surface area contributed by atoms with Gasteiger partial charge < -0.3 is 15.2 Å². The Bertz CT molecular complexity index is 493. The van der Waals surface area contributed by atoms with E-state index in [-0.39, 0.29) is 13.2 Å². The first-order valence-electron chi connectivity index (χ1n) is 5.14. The minimum atomic E-state index is -1.73. The molecule has 0 aliphatic heterocycles. The molecule has 104 valence electrons. The van der Waals surface area contributed by atoms with E-state index in [1.165, 1.54) is 0 Å². The van der Waals surface area contributed by atoms with E-state index in [0.29, 0.717) is 6.07 Å². The molecule has 0 unspecified atom stereocenters. The summed E-state index contributed by atoms with van der Waals surface area (Å²) in [7, 11) is 0. The van der Waals surface area contributed by atoms with Gasteiger partial charge in [0, 0.05) is 6.54 Å². The molecular weight excluding hydrogens is 267 g/mol. The van der Waals surface area contributed by atoms with Gasteiger partial charge in [0.15, 0.2) is 17.5 Å². The molecular formula is C11H10F3NO4. The fraction of sp³-hybridized carbons (Fsp3) is 0.273. The summed E-state index contributed by atoms with van der Waals surface area (Å²) in [4.78, 5) is 21.5. The number of carbonyl (C=O) groups is 2. The number of carbonyl (C=O) groups excluding carboxylic acids is 1.